The number of hydrogen-bond acceptors (Lipinski definition) is 2. The minimum Gasteiger partial charge on any atom is -0.277 e. The monoisotopic (exact) mass is 331 g/mol. The van der Waals surface area contributed by atoms with Crippen molar-refractivity contribution in [2.45, 2.75) is 25.8 Å². The Kier molecular flexibility index (Phi) is 4.00. The summed E-state index contributed by atoms with van der Waals surface area (Å²) in [7, 11) is 0. The lowest BCUT2D eigenvalue weighted by atomic mass is 9.67. The Morgan fingerprint density at radius 2 is 1.52 bits per heavy atom. The predicted molar refractivity (Wildman–Crippen MR) is 96.4 cm³/mol. The number of benzene rings is 2. The van der Waals surface area contributed by atoms with Crippen LogP contribution in [0.4, 0.5) is 0 Å². The molecule has 0 radical (unpaired) electrons. The molecule has 0 N–H and O–H groups in total. The van der Waals surface area contributed by atoms with Gasteiger partial charge in [0.05, 0.1) is 17.9 Å². The Morgan fingerprint density at radius 3 is 2.20 bits per heavy atom. The zero-order valence-corrected chi connectivity index (χ0v) is 14.1. The number of likely N-dealkylation sites (tertiary alicyclic amines) is 1. The Labute approximate surface area is 148 Å². The maximum atomic E-state index is 13.4. The molecule has 126 valence electrons. The van der Waals surface area contributed by atoms with Crippen LogP contribution in [-0.4, -0.2) is 16.7 Å². The van der Waals surface area contributed by atoms with E-state index in [0.717, 1.165) is 11.1 Å². The first-order valence-corrected chi connectivity index (χ1v) is 8.79. The van der Waals surface area contributed by atoms with Gasteiger partial charge in [-0.05, 0) is 30.4 Å². The van der Waals surface area contributed by atoms with Crippen molar-refractivity contribution in [2.75, 3.05) is 0 Å². The van der Waals surface area contributed by atoms with E-state index in [-0.39, 0.29) is 17.7 Å². The summed E-state index contributed by atoms with van der Waals surface area (Å²) in [5, 5.41) is 0. The minimum absolute atomic E-state index is 0.0143. The Balaban J connectivity index is 1.68. The smallest absolute Gasteiger partial charge is 0.237 e. The zero-order valence-electron chi connectivity index (χ0n) is 14.1. The second kappa shape index (κ2) is 6.32. The molecular formula is C22H21NO2. The van der Waals surface area contributed by atoms with E-state index >= 15 is 0 Å². The third-order valence-electron chi connectivity index (χ3n) is 5.47. The highest BCUT2D eigenvalue weighted by Crippen LogP contribution is 2.48. The summed E-state index contributed by atoms with van der Waals surface area (Å²) in [4.78, 5) is 27.9. The van der Waals surface area contributed by atoms with Crippen molar-refractivity contribution >= 4 is 11.8 Å². The van der Waals surface area contributed by atoms with Gasteiger partial charge in [0, 0.05) is 0 Å². The van der Waals surface area contributed by atoms with Crippen LogP contribution in [0.25, 0.3) is 0 Å². The second-order valence-electron chi connectivity index (χ2n) is 7.00. The highest BCUT2D eigenvalue weighted by atomic mass is 16.2. The van der Waals surface area contributed by atoms with Gasteiger partial charge in [0.1, 0.15) is 0 Å². The third kappa shape index (κ3) is 2.70. The van der Waals surface area contributed by atoms with Crippen molar-refractivity contribution in [2.24, 2.45) is 11.3 Å². The number of imide groups is 1. The maximum Gasteiger partial charge on any atom is 0.237 e. The molecular weight excluding hydrogens is 310 g/mol. The molecule has 1 aliphatic carbocycles. The highest BCUT2D eigenvalue weighted by molar-refractivity contribution is 6.07. The first kappa shape index (κ1) is 15.8. The molecule has 0 saturated carbocycles. The van der Waals surface area contributed by atoms with E-state index in [1.165, 1.54) is 4.90 Å². The molecule has 3 heteroatoms. The van der Waals surface area contributed by atoms with Crippen LogP contribution in [0.3, 0.4) is 0 Å². The van der Waals surface area contributed by atoms with Gasteiger partial charge in [0.15, 0.2) is 0 Å². The van der Waals surface area contributed by atoms with Crippen molar-refractivity contribution in [1.29, 1.82) is 0 Å². The van der Waals surface area contributed by atoms with E-state index in [1.807, 2.05) is 66.7 Å². The molecule has 0 bridgehead atoms. The highest BCUT2D eigenvalue weighted by Gasteiger charge is 2.58. The molecule has 25 heavy (non-hydrogen) atoms. The molecule has 2 aromatic carbocycles. The average Bonchev–Trinajstić information content (AvgIpc) is 2.86. The summed E-state index contributed by atoms with van der Waals surface area (Å²) in [6.07, 6.45) is 6.03. The fourth-order valence-corrected chi connectivity index (χ4v) is 4.17. The Morgan fingerprint density at radius 1 is 0.880 bits per heavy atom. The van der Waals surface area contributed by atoms with Crippen molar-refractivity contribution < 1.29 is 9.59 Å². The quantitative estimate of drug-likeness (QED) is 0.632. The van der Waals surface area contributed by atoms with Crippen molar-refractivity contribution in [1.82, 2.24) is 4.90 Å². The largest absolute Gasteiger partial charge is 0.277 e. The van der Waals surface area contributed by atoms with Crippen LogP contribution in [-0.2, 0) is 22.6 Å². The molecule has 2 amide bonds. The summed E-state index contributed by atoms with van der Waals surface area (Å²) in [5.74, 6) is -0.275. The first-order chi connectivity index (χ1) is 12.2. The van der Waals surface area contributed by atoms with E-state index in [0.29, 0.717) is 25.8 Å². The molecule has 1 aliphatic heterocycles. The van der Waals surface area contributed by atoms with Gasteiger partial charge in [-0.15, -0.1) is 0 Å². The Hall–Kier alpha value is -2.68. The fraction of sp³-hybridized carbons (Fsp3) is 0.273. The second-order valence-corrected chi connectivity index (χ2v) is 7.00. The summed E-state index contributed by atoms with van der Waals surface area (Å²) in [6, 6.07) is 19.8. The molecule has 2 aromatic rings. The molecule has 0 spiro atoms. The summed E-state index contributed by atoms with van der Waals surface area (Å²) < 4.78 is 0. The Bertz CT molecular complexity index is 812. The van der Waals surface area contributed by atoms with E-state index in [2.05, 4.69) is 6.08 Å². The topological polar surface area (TPSA) is 37.4 Å². The van der Waals surface area contributed by atoms with Crippen LogP contribution in [0.2, 0.25) is 0 Å². The van der Waals surface area contributed by atoms with Gasteiger partial charge in [0.2, 0.25) is 11.8 Å². The molecule has 4 rings (SSSR count). The van der Waals surface area contributed by atoms with Crippen molar-refractivity contribution in [3.8, 4) is 0 Å². The van der Waals surface area contributed by atoms with Crippen LogP contribution in [0.1, 0.15) is 24.0 Å². The fourth-order valence-electron chi connectivity index (χ4n) is 4.17. The van der Waals surface area contributed by atoms with Gasteiger partial charge in [-0.1, -0.05) is 72.8 Å². The number of fused-ring (bicyclic) bond motifs is 1. The maximum absolute atomic E-state index is 13.4. The van der Waals surface area contributed by atoms with Crippen molar-refractivity contribution in [3.63, 3.8) is 0 Å². The molecule has 3 nitrogen and oxygen atoms in total. The molecule has 0 unspecified atom stereocenters. The SMILES string of the molecule is O=C1[C@H]2CC=CC[C@@]2(Cc2ccccc2)C(=O)N1Cc1ccccc1. The number of nitrogens with zero attached hydrogens (tertiary/aromatic N) is 1. The average molecular weight is 331 g/mol. The lowest BCUT2D eigenvalue weighted by Crippen LogP contribution is -2.39. The van der Waals surface area contributed by atoms with Crippen LogP contribution < -0.4 is 0 Å². The van der Waals surface area contributed by atoms with Crippen LogP contribution in [0, 0.1) is 11.3 Å². The number of allylic oxidation sites excluding steroid dienone is 2. The predicted octanol–water partition coefficient (Wildman–Crippen LogP) is 3.75. The molecule has 1 saturated heterocycles. The van der Waals surface area contributed by atoms with Crippen LogP contribution in [0.15, 0.2) is 72.8 Å². The zero-order chi connectivity index (χ0) is 17.3. The molecule has 2 atom stereocenters. The van der Waals surface area contributed by atoms with Crippen molar-refractivity contribution in [3.05, 3.63) is 83.9 Å². The minimum atomic E-state index is -0.623. The van der Waals surface area contributed by atoms with E-state index in [9.17, 15) is 9.59 Å². The molecule has 1 fully saturated rings. The number of carbonyl (C=O) groups excluding carboxylic acids is 2. The van der Waals surface area contributed by atoms with Gasteiger partial charge < -0.3 is 0 Å². The number of rotatable bonds is 4. The van der Waals surface area contributed by atoms with E-state index in [1.54, 1.807) is 0 Å². The van der Waals surface area contributed by atoms with Gasteiger partial charge in [-0.3, -0.25) is 14.5 Å². The van der Waals surface area contributed by atoms with Gasteiger partial charge in [-0.2, -0.15) is 0 Å². The lowest BCUT2D eigenvalue weighted by Gasteiger charge is -2.33. The summed E-state index contributed by atoms with van der Waals surface area (Å²) in [5.41, 5.74) is 1.48. The summed E-state index contributed by atoms with van der Waals surface area (Å²) in [6.45, 7) is 0.367. The standard InChI is InChI=1S/C22H21NO2/c24-20-19-13-7-8-14-22(19,15-17-9-3-1-4-10-17)21(25)23(20)16-18-11-5-2-6-12-18/h1-12,19H,13-16H2/t19-,22+/m1/s1. The number of carbonyl (C=O) groups is 2. The lowest BCUT2D eigenvalue weighted by molar-refractivity contribution is -0.142. The van der Waals surface area contributed by atoms with E-state index < -0.39 is 5.41 Å². The van der Waals surface area contributed by atoms with Gasteiger partial charge >= 0.3 is 0 Å². The molecule has 0 aromatic heterocycles. The van der Waals surface area contributed by atoms with Gasteiger partial charge in [-0.25, -0.2) is 0 Å². The molecule has 1 heterocycles. The first-order valence-electron chi connectivity index (χ1n) is 8.79. The molecule has 2 aliphatic rings. The normalized spacial score (nSPS) is 25.3. The van der Waals surface area contributed by atoms with Gasteiger partial charge in [0.25, 0.3) is 0 Å². The number of hydrogen-bond donors (Lipinski definition) is 0. The summed E-state index contributed by atoms with van der Waals surface area (Å²) >= 11 is 0. The van der Waals surface area contributed by atoms with Crippen LogP contribution >= 0.6 is 0 Å². The van der Waals surface area contributed by atoms with Crippen LogP contribution in [0.5, 0.6) is 0 Å². The van der Waals surface area contributed by atoms with E-state index in [4.69, 9.17) is 0 Å². The number of amides is 2. The third-order valence-corrected chi connectivity index (χ3v) is 5.47.